The number of ether oxygens (including phenoxy) is 1. The number of rotatable bonds is 5. The summed E-state index contributed by atoms with van der Waals surface area (Å²) in [4.78, 5) is 3.94. The monoisotopic (exact) mass is 261 g/mol. The Morgan fingerprint density at radius 2 is 2.00 bits per heavy atom. The van der Waals surface area contributed by atoms with Crippen molar-refractivity contribution in [2.45, 2.75) is 19.4 Å². The first-order chi connectivity index (χ1) is 9.16. The van der Waals surface area contributed by atoms with Crippen molar-refractivity contribution in [1.82, 2.24) is 4.98 Å². The SMILES string of the molecule is C[C@@H](O)c1cc(F)ccc1OCCc1ccncc1. The highest BCUT2D eigenvalue weighted by atomic mass is 19.1. The van der Waals surface area contributed by atoms with Gasteiger partial charge in [0.15, 0.2) is 0 Å². The molecular weight excluding hydrogens is 245 g/mol. The molecule has 1 aromatic heterocycles. The third-order valence-electron chi connectivity index (χ3n) is 2.82. The van der Waals surface area contributed by atoms with Crippen LogP contribution in [-0.2, 0) is 6.42 Å². The molecule has 0 aliphatic heterocycles. The number of halogens is 1. The van der Waals surface area contributed by atoms with Gasteiger partial charge in [-0.05, 0) is 42.8 Å². The lowest BCUT2D eigenvalue weighted by Gasteiger charge is -2.13. The molecule has 0 aliphatic carbocycles. The molecule has 0 spiro atoms. The topological polar surface area (TPSA) is 42.4 Å². The Balaban J connectivity index is 2.00. The first-order valence-electron chi connectivity index (χ1n) is 6.16. The van der Waals surface area contributed by atoms with Crippen LogP contribution in [0.25, 0.3) is 0 Å². The summed E-state index contributed by atoms with van der Waals surface area (Å²) < 4.78 is 18.7. The van der Waals surface area contributed by atoms with Gasteiger partial charge < -0.3 is 9.84 Å². The van der Waals surface area contributed by atoms with Gasteiger partial charge in [-0.2, -0.15) is 0 Å². The van der Waals surface area contributed by atoms with Crippen molar-refractivity contribution in [2.75, 3.05) is 6.61 Å². The van der Waals surface area contributed by atoms with E-state index >= 15 is 0 Å². The number of hydrogen-bond donors (Lipinski definition) is 1. The summed E-state index contributed by atoms with van der Waals surface area (Å²) in [5, 5.41) is 9.59. The van der Waals surface area contributed by atoms with E-state index in [0.717, 1.165) is 12.0 Å². The average molecular weight is 261 g/mol. The molecule has 0 saturated carbocycles. The summed E-state index contributed by atoms with van der Waals surface area (Å²) >= 11 is 0. The highest BCUT2D eigenvalue weighted by molar-refractivity contribution is 5.35. The average Bonchev–Trinajstić information content (AvgIpc) is 2.41. The van der Waals surface area contributed by atoms with Crippen LogP contribution in [0.3, 0.4) is 0 Å². The molecule has 0 aliphatic rings. The lowest BCUT2D eigenvalue weighted by Crippen LogP contribution is -2.05. The Morgan fingerprint density at radius 1 is 1.26 bits per heavy atom. The second-order valence-electron chi connectivity index (χ2n) is 4.31. The van der Waals surface area contributed by atoms with Crippen molar-refractivity contribution < 1.29 is 14.2 Å². The second-order valence-corrected chi connectivity index (χ2v) is 4.31. The first-order valence-corrected chi connectivity index (χ1v) is 6.16. The number of aliphatic hydroxyl groups is 1. The third kappa shape index (κ3) is 3.76. The smallest absolute Gasteiger partial charge is 0.125 e. The fourth-order valence-electron chi connectivity index (χ4n) is 1.81. The van der Waals surface area contributed by atoms with E-state index in [-0.39, 0.29) is 5.82 Å². The van der Waals surface area contributed by atoms with Crippen LogP contribution in [0, 0.1) is 5.82 Å². The lowest BCUT2D eigenvalue weighted by atomic mass is 10.1. The maximum atomic E-state index is 13.1. The Morgan fingerprint density at radius 3 is 2.68 bits per heavy atom. The lowest BCUT2D eigenvalue weighted by molar-refractivity contribution is 0.191. The van der Waals surface area contributed by atoms with Crippen molar-refractivity contribution >= 4 is 0 Å². The van der Waals surface area contributed by atoms with Gasteiger partial charge in [-0.1, -0.05) is 0 Å². The number of hydrogen-bond acceptors (Lipinski definition) is 3. The molecule has 0 amide bonds. The van der Waals surface area contributed by atoms with Gasteiger partial charge in [0.05, 0.1) is 12.7 Å². The summed E-state index contributed by atoms with van der Waals surface area (Å²) in [5.74, 6) is 0.142. The fraction of sp³-hybridized carbons (Fsp3) is 0.267. The Hall–Kier alpha value is -1.94. The molecule has 19 heavy (non-hydrogen) atoms. The van der Waals surface area contributed by atoms with E-state index in [2.05, 4.69) is 4.98 Å². The zero-order valence-electron chi connectivity index (χ0n) is 10.7. The van der Waals surface area contributed by atoms with Crippen molar-refractivity contribution in [1.29, 1.82) is 0 Å². The Labute approximate surface area is 111 Å². The number of nitrogens with zero attached hydrogens (tertiary/aromatic N) is 1. The molecule has 3 nitrogen and oxygen atoms in total. The molecule has 1 aromatic carbocycles. The predicted molar refractivity (Wildman–Crippen MR) is 70.5 cm³/mol. The van der Waals surface area contributed by atoms with Crippen LogP contribution in [0.15, 0.2) is 42.7 Å². The van der Waals surface area contributed by atoms with Gasteiger partial charge in [0.25, 0.3) is 0 Å². The maximum Gasteiger partial charge on any atom is 0.125 e. The quantitative estimate of drug-likeness (QED) is 0.899. The van der Waals surface area contributed by atoms with E-state index in [9.17, 15) is 9.50 Å². The van der Waals surface area contributed by atoms with E-state index in [0.29, 0.717) is 17.9 Å². The third-order valence-corrected chi connectivity index (χ3v) is 2.82. The van der Waals surface area contributed by atoms with Crippen LogP contribution in [0.4, 0.5) is 4.39 Å². The van der Waals surface area contributed by atoms with Crippen molar-refractivity contribution in [2.24, 2.45) is 0 Å². The molecular formula is C15H16FNO2. The largest absolute Gasteiger partial charge is 0.493 e. The van der Waals surface area contributed by atoms with Gasteiger partial charge in [0.1, 0.15) is 11.6 Å². The van der Waals surface area contributed by atoms with Crippen molar-refractivity contribution in [3.63, 3.8) is 0 Å². The van der Waals surface area contributed by atoms with E-state index in [1.54, 1.807) is 25.4 Å². The molecule has 0 saturated heterocycles. The molecule has 1 heterocycles. The summed E-state index contributed by atoms with van der Waals surface area (Å²) in [6.45, 7) is 2.06. The highest BCUT2D eigenvalue weighted by Crippen LogP contribution is 2.26. The maximum absolute atomic E-state index is 13.1. The molecule has 4 heteroatoms. The van der Waals surface area contributed by atoms with Crippen LogP contribution in [0.5, 0.6) is 5.75 Å². The minimum absolute atomic E-state index is 0.377. The summed E-state index contributed by atoms with van der Waals surface area (Å²) in [6, 6.07) is 8.01. The van der Waals surface area contributed by atoms with Gasteiger partial charge in [-0.3, -0.25) is 4.98 Å². The molecule has 100 valence electrons. The van der Waals surface area contributed by atoms with E-state index in [4.69, 9.17) is 4.74 Å². The fourth-order valence-corrected chi connectivity index (χ4v) is 1.81. The highest BCUT2D eigenvalue weighted by Gasteiger charge is 2.10. The summed E-state index contributed by atoms with van der Waals surface area (Å²) in [7, 11) is 0. The van der Waals surface area contributed by atoms with Crippen LogP contribution in [-0.4, -0.2) is 16.7 Å². The standard InChI is InChI=1S/C15H16FNO2/c1-11(18)14-10-13(16)2-3-15(14)19-9-6-12-4-7-17-8-5-12/h2-5,7-8,10-11,18H,6,9H2,1H3/t11-/m1/s1. The van der Waals surface area contributed by atoms with Crippen LogP contribution in [0.2, 0.25) is 0 Å². The minimum Gasteiger partial charge on any atom is -0.493 e. The van der Waals surface area contributed by atoms with Crippen LogP contribution in [0.1, 0.15) is 24.2 Å². The van der Waals surface area contributed by atoms with Gasteiger partial charge in [-0.15, -0.1) is 0 Å². The number of benzene rings is 1. The zero-order chi connectivity index (χ0) is 13.7. The predicted octanol–water partition coefficient (Wildman–Crippen LogP) is 2.90. The minimum atomic E-state index is -0.758. The van der Waals surface area contributed by atoms with Gasteiger partial charge >= 0.3 is 0 Å². The summed E-state index contributed by atoms with van der Waals surface area (Å²) in [5.41, 5.74) is 1.59. The van der Waals surface area contributed by atoms with Crippen molar-refractivity contribution in [3.05, 3.63) is 59.7 Å². The van der Waals surface area contributed by atoms with Gasteiger partial charge in [-0.25, -0.2) is 4.39 Å². The molecule has 0 radical (unpaired) electrons. The first kappa shape index (κ1) is 13.5. The zero-order valence-corrected chi connectivity index (χ0v) is 10.7. The molecule has 2 aromatic rings. The van der Waals surface area contributed by atoms with E-state index < -0.39 is 6.10 Å². The van der Waals surface area contributed by atoms with Crippen LogP contribution < -0.4 is 4.74 Å². The molecule has 0 fully saturated rings. The molecule has 1 N–H and O–H groups in total. The number of aliphatic hydroxyl groups excluding tert-OH is 1. The van der Waals surface area contributed by atoms with Gasteiger partial charge in [0, 0.05) is 24.4 Å². The molecule has 0 unspecified atom stereocenters. The Bertz CT molecular complexity index is 529. The van der Waals surface area contributed by atoms with Gasteiger partial charge in [0.2, 0.25) is 0 Å². The van der Waals surface area contributed by atoms with Crippen molar-refractivity contribution in [3.8, 4) is 5.75 Å². The Kier molecular flexibility index (Phi) is 4.47. The summed E-state index contributed by atoms with van der Waals surface area (Å²) in [6.07, 6.45) is 3.44. The number of aromatic nitrogens is 1. The molecule has 1 atom stereocenters. The van der Waals surface area contributed by atoms with E-state index in [1.807, 2.05) is 12.1 Å². The second kappa shape index (κ2) is 6.29. The number of pyridine rings is 1. The normalized spacial score (nSPS) is 12.2. The molecule has 0 bridgehead atoms. The van der Waals surface area contributed by atoms with Crippen LogP contribution >= 0.6 is 0 Å². The van der Waals surface area contributed by atoms with E-state index in [1.165, 1.54) is 12.1 Å². The molecule has 2 rings (SSSR count).